The van der Waals surface area contributed by atoms with Gasteiger partial charge >= 0.3 is 6.03 Å². The number of fused-ring (bicyclic) bond motifs is 1. The normalized spacial score (nSPS) is 19.5. The fraction of sp³-hybridized carbons (Fsp3) is 0.417. The maximum absolute atomic E-state index is 11.5. The van der Waals surface area contributed by atoms with E-state index in [0.29, 0.717) is 42.5 Å². The average Bonchev–Trinajstić information content (AvgIpc) is 2.88. The fourth-order valence-electron chi connectivity index (χ4n) is 4.34. The summed E-state index contributed by atoms with van der Waals surface area (Å²) in [5.41, 5.74) is 9.77. The third kappa shape index (κ3) is 4.89. The number of carbonyl (C=O) groups is 1. The molecule has 2 aliphatic heterocycles. The van der Waals surface area contributed by atoms with E-state index in [1.165, 1.54) is 5.56 Å². The lowest BCUT2D eigenvalue weighted by Crippen LogP contribution is -2.49. The van der Waals surface area contributed by atoms with Gasteiger partial charge in [0.25, 0.3) is 0 Å². The first-order chi connectivity index (χ1) is 16.2. The monoisotopic (exact) mass is 449 g/mol. The second-order valence-corrected chi connectivity index (χ2v) is 8.33. The van der Waals surface area contributed by atoms with E-state index >= 15 is 0 Å². The molecule has 2 aliphatic rings. The molecular formula is C24H27N5O4. The number of nitrogens with zero attached hydrogens (tertiary/aromatic N) is 4. The molecule has 1 atom stereocenters. The fourth-order valence-corrected chi connectivity index (χ4v) is 4.34. The lowest BCUT2D eigenvalue weighted by atomic mass is 9.91. The van der Waals surface area contributed by atoms with E-state index in [0.717, 1.165) is 37.3 Å². The van der Waals surface area contributed by atoms with Gasteiger partial charge in [0.2, 0.25) is 5.88 Å². The molecule has 3 aromatic rings. The zero-order valence-electron chi connectivity index (χ0n) is 18.4. The number of morpholine rings is 1. The number of rotatable bonds is 5. The molecule has 0 saturated carbocycles. The van der Waals surface area contributed by atoms with Gasteiger partial charge in [-0.15, -0.1) is 0 Å². The van der Waals surface area contributed by atoms with Crippen molar-refractivity contribution in [2.75, 3.05) is 39.5 Å². The van der Waals surface area contributed by atoms with Crippen molar-refractivity contribution in [1.82, 2.24) is 19.9 Å². The lowest BCUT2D eigenvalue weighted by Gasteiger charge is -2.31. The average molecular weight is 450 g/mol. The maximum atomic E-state index is 11.5. The van der Waals surface area contributed by atoms with Gasteiger partial charge in [-0.05, 0) is 30.4 Å². The Bertz CT molecular complexity index is 1120. The molecule has 4 heterocycles. The van der Waals surface area contributed by atoms with Gasteiger partial charge in [-0.2, -0.15) is 0 Å². The van der Waals surface area contributed by atoms with Crippen molar-refractivity contribution in [1.29, 1.82) is 0 Å². The van der Waals surface area contributed by atoms with Gasteiger partial charge in [0.15, 0.2) is 5.52 Å². The van der Waals surface area contributed by atoms with E-state index in [2.05, 4.69) is 34.2 Å². The Morgan fingerprint density at radius 2 is 1.91 bits per heavy atom. The Hall–Kier alpha value is -3.30. The van der Waals surface area contributed by atoms with Crippen molar-refractivity contribution < 1.29 is 19.0 Å². The highest BCUT2D eigenvalue weighted by Crippen LogP contribution is 2.31. The van der Waals surface area contributed by atoms with Crippen molar-refractivity contribution in [2.24, 2.45) is 5.73 Å². The number of benzene rings is 1. The predicted molar refractivity (Wildman–Crippen MR) is 122 cm³/mol. The molecule has 0 aliphatic carbocycles. The van der Waals surface area contributed by atoms with E-state index in [-0.39, 0.29) is 12.7 Å². The van der Waals surface area contributed by atoms with Crippen molar-refractivity contribution in [3.63, 3.8) is 0 Å². The summed E-state index contributed by atoms with van der Waals surface area (Å²) in [6.07, 6.45) is 5.08. The number of urea groups is 1. The van der Waals surface area contributed by atoms with Gasteiger partial charge in [-0.3, -0.25) is 4.98 Å². The molecule has 172 valence electrons. The summed E-state index contributed by atoms with van der Waals surface area (Å²) in [6.45, 7) is 3.16. The van der Waals surface area contributed by atoms with Gasteiger partial charge < -0.3 is 24.8 Å². The van der Waals surface area contributed by atoms with Crippen molar-refractivity contribution in [3.05, 3.63) is 48.3 Å². The molecule has 1 aromatic carbocycles. The summed E-state index contributed by atoms with van der Waals surface area (Å²) >= 11 is 0. The van der Waals surface area contributed by atoms with Crippen LogP contribution < -0.4 is 10.5 Å². The maximum Gasteiger partial charge on any atom is 0.314 e. The molecule has 2 amide bonds. The quantitative estimate of drug-likeness (QED) is 0.637. The molecule has 0 bridgehead atoms. The summed E-state index contributed by atoms with van der Waals surface area (Å²) < 4.78 is 17.2. The van der Waals surface area contributed by atoms with Crippen LogP contribution in [0.15, 0.2) is 42.7 Å². The lowest BCUT2D eigenvalue weighted by molar-refractivity contribution is -0.0346. The summed E-state index contributed by atoms with van der Waals surface area (Å²) in [6, 6.07) is 9.99. The number of hydrogen-bond donors (Lipinski definition) is 1. The zero-order chi connectivity index (χ0) is 22.6. The van der Waals surface area contributed by atoms with Crippen molar-refractivity contribution in [3.8, 4) is 17.1 Å². The van der Waals surface area contributed by atoms with E-state index < -0.39 is 6.03 Å². The standard InChI is InChI=1S/C24H27N5O4/c25-24(30)29-9-12-32-19(14-29)15-33-23-22-21(26-7-8-27-22)13-20(28-23)18-3-1-16(2-4-18)17-5-10-31-11-6-17/h1-4,7-8,13,17,19H,5-6,9-12,14-15H2,(H2,25,30). The highest BCUT2D eigenvalue weighted by Gasteiger charge is 2.24. The van der Waals surface area contributed by atoms with Crippen LogP contribution in [-0.2, 0) is 9.47 Å². The van der Waals surface area contributed by atoms with Gasteiger partial charge in [0.1, 0.15) is 12.7 Å². The van der Waals surface area contributed by atoms with Gasteiger partial charge in [-0.1, -0.05) is 24.3 Å². The Morgan fingerprint density at radius 3 is 2.70 bits per heavy atom. The number of aromatic nitrogens is 3. The van der Waals surface area contributed by atoms with Crippen LogP contribution in [0.4, 0.5) is 4.79 Å². The first kappa shape index (κ1) is 21.5. The molecule has 0 radical (unpaired) electrons. The SMILES string of the molecule is NC(=O)N1CCOC(COc2nc(-c3ccc(C4CCOCC4)cc3)cc3nccnc23)C1. The van der Waals surface area contributed by atoms with E-state index in [4.69, 9.17) is 24.9 Å². The number of hydrogen-bond acceptors (Lipinski definition) is 7. The van der Waals surface area contributed by atoms with Gasteiger partial charge in [0.05, 0.1) is 24.4 Å². The Kier molecular flexibility index (Phi) is 6.32. The predicted octanol–water partition coefficient (Wildman–Crippen LogP) is 2.74. The zero-order valence-corrected chi connectivity index (χ0v) is 18.4. The third-order valence-electron chi connectivity index (χ3n) is 6.18. The molecule has 2 saturated heterocycles. The first-order valence-corrected chi connectivity index (χ1v) is 11.3. The molecular weight excluding hydrogens is 422 g/mol. The molecule has 9 nitrogen and oxygen atoms in total. The summed E-state index contributed by atoms with van der Waals surface area (Å²) in [5, 5.41) is 0. The largest absolute Gasteiger partial charge is 0.473 e. The van der Waals surface area contributed by atoms with Crippen LogP contribution in [0, 0.1) is 0 Å². The van der Waals surface area contributed by atoms with E-state index in [9.17, 15) is 4.79 Å². The van der Waals surface area contributed by atoms with Crippen LogP contribution in [0.25, 0.3) is 22.3 Å². The topological polar surface area (TPSA) is 113 Å². The number of carbonyl (C=O) groups excluding carboxylic acids is 1. The number of ether oxygens (including phenoxy) is 3. The Labute approximate surface area is 191 Å². The Balaban J connectivity index is 1.37. The van der Waals surface area contributed by atoms with Gasteiger partial charge in [-0.25, -0.2) is 14.8 Å². The molecule has 33 heavy (non-hydrogen) atoms. The van der Waals surface area contributed by atoms with Crippen LogP contribution in [0.2, 0.25) is 0 Å². The third-order valence-corrected chi connectivity index (χ3v) is 6.18. The van der Waals surface area contributed by atoms with Crippen molar-refractivity contribution in [2.45, 2.75) is 24.9 Å². The van der Waals surface area contributed by atoms with Crippen LogP contribution in [-0.4, -0.2) is 71.5 Å². The second-order valence-electron chi connectivity index (χ2n) is 8.33. The summed E-state index contributed by atoms with van der Waals surface area (Å²) in [4.78, 5) is 26.7. The molecule has 2 aromatic heterocycles. The molecule has 0 spiro atoms. The van der Waals surface area contributed by atoms with E-state index in [1.54, 1.807) is 17.3 Å². The summed E-state index contributed by atoms with van der Waals surface area (Å²) in [7, 11) is 0. The molecule has 9 heteroatoms. The van der Waals surface area contributed by atoms with Crippen LogP contribution in [0.3, 0.4) is 0 Å². The minimum Gasteiger partial charge on any atom is -0.473 e. The number of nitrogens with two attached hydrogens (primary N) is 1. The van der Waals surface area contributed by atoms with Crippen LogP contribution in [0.1, 0.15) is 24.3 Å². The molecule has 5 rings (SSSR count). The van der Waals surface area contributed by atoms with Crippen LogP contribution in [0.5, 0.6) is 5.88 Å². The Morgan fingerprint density at radius 1 is 1.12 bits per heavy atom. The number of pyridine rings is 1. The molecule has 2 N–H and O–H groups in total. The highest BCUT2D eigenvalue weighted by atomic mass is 16.5. The highest BCUT2D eigenvalue weighted by molar-refractivity contribution is 5.83. The molecule has 1 unspecified atom stereocenters. The van der Waals surface area contributed by atoms with Gasteiger partial charge in [0, 0.05) is 37.7 Å². The van der Waals surface area contributed by atoms with E-state index in [1.807, 2.05) is 6.07 Å². The second kappa shape index (κ2) is 9.68. The smallest absolute Gasteiger partial charge is 0.314 e. The molecule has 2 fully saturated rings. The van der Waals surface area contributed by atoms with Crippen molar-refractivity contribution >= 4 is 17.1 Å². The first-order valence-electron chi connectivity index (χ1n) is 11.3. The van der Waals surface area contributed by atoms with Crippen LogP contribution >= 0.6 is 0 Å². The minimum atomic E-state index is -0.455. The number of amides is 2. The number of primary amides is 1. The minimum absolute atomic E-state index is 0.231. The summed E-state index contributed by atoms with van der Waals surface area (Å²) in [5.74, 6) is 0.932.